The van der Waals surface area contributed by atoms with Crippen LogP contribution in [-0.4, -0.2) is 22.2 Å². The van der Waals surface area contributed by atoms with Crippen LogP contribution in [0, 0.1) is 5.41 Å². The monoisotopic (exact) mass is 306 g/mol. The standard InChI is InChI=1S/C15H21F3O3/c1-4-6-9-11(19)10(13(21)15(16,17)18)8-14(3,7-5-2)12(9)20/h19,21H,4-8H2,1-3H3. The summed E-state index contributed by atoms with van der Waals surface area (Å²) in [5.41, 5.74) is -1.59. The molecule has 0 fully saturated rings. The number of ketones is 1. The molecule has 0 amide bonds. The third-order valence-corrected chi connectivity index (χ3v) is 3.82. The second-order valence-corrected chi connectivity index (χ2v) is 5.72. The molecule has 0 heterocycles. The van der Waals surface area contributed by atoms with E-state index in [9.17, 15) is 28.2 Å². The molecule has 0 aromatic rings. The smallest absolute Gasteiger partial charge is 0.449 e. The Balaban J connectivity index is 3.49. The molecular formula is C15H21F3O3. The van der Waals surface area contributed by atoms with Crippen molar-refractivity contribution in [2.24, 2.45) is 5.41 Å². The van der Waals surface area contributed by atoms with Crippen molar-refractivity contribution >= 4 is 5.78 Å². The Bertz CT molecular complexity index is 489. The number of carbonyl (C=O) groups is 1. The van der Waals surface area contributed by atoms with Crippen LogP contribution < -0.4 is 0 Å². The molecule has 2 N–H and O–H groups in total. The van der Waals surface area contributed by atoms with E-state index in [-0.39, 0.29) is 24.2 Å². The van der Waals surface area contributed by atoms with Gasteiger partial charge in [-0.05, 0) is 19.3 Å². The Labute approximate surface area is 122 Å². The van der Waals surface area contributed by atoms with Crippen molar-refractivity contribution < 1.29 is 28.2 Å². The van der Waals surface area contributed by atoms with E-state index in [0.717, 1.165) is 0 Å². The highest BCUT2D eigenvalue weighted by Crippen LogP contribution is 2.45. The summed E-state index contributed by atoms with van der Waals surface area (Å²) in [5.74, 6) is -2.82. The normalized spacial score (nSPS) is 26.3. The molecule has 1 aliphatic rings. The molecule has 0 bridgehead atoms. The van der Waals surface area contributed by atoms with Crippen LogP contribution in [0.15, 0.2) is 22.7 Å². The highest BCUT2D eigenvalue weighted by Gasteiger charge is 2.46. The maximum atomic E-state index is 12.7. The van der Waals surface area contributed by atoms with Crippen LogP contribution in [0.3, 0.4) is 0 Å². The van der Waals surface area contributed by atoms with Crippen LogP contribution in [0.4, 0.5) is 13.2 Å². The Morgan fingerprint density at radius 1 is 1.29 bits per heavy atom. The number of hydrogen-bond acceptors (Lipinski definition) is 3. The van der Waals surface area contributed by atoms with Gasteiger partial charge in [0.05, 0.1) is 0 Å². The van der Waals surface area contributed by atoms with Gasteiger partial charge >= 0.3 is 6.18 Å². The lowest BCUT2D eigenvalue weighted by molar-refractivity contribution is -0.128. The van der Waals surface area contributed by atoms with Crippen molar-refractivity contribution in [3.05, 3.63) is 22.7 Å². The van der Waals surface area contributed by atoms with Gasteiger partial charge in [0.15, 0.2) is 5.78 Å². The van der Waals surface area contributed by atoms with Crippen LogP contribution in [0.2, 0.25) is 0 Å². The van der Waals surface area contributed by atoms with Crippen LogP contribution in [0.5, 0.6) is 0 Å². The van der Waals surface area contributed by atoms with E-state index < -0.39 is 28.7 Å². The minimum atomic E-state index is -4.94. The summed E-state index contributed by atoms with van der Waals surface area (Å²) in [5, 5.41) is 19.4. The number of halogens is 3. The molecule has 0 saturated heterocycles. The highest BCUT2D eigenvalue weighted by molar-refractivity contribution is 6.02. The average Bonchev–Trinajstić information content (AvgIpc) is 2.38. The second kappa shape index (κ2) is 6.12. The zero-order valence-electron chi connectivity index (χ0n) is 12.5. The lowest BCUT2D eigenvalue weighted by Crippen LogP contribution is -2.36. The number of aliphatic hydroxyl groups excluding tert-OH is 2. The first-order chi connectivity index (χ1) is 9.58. The summed E-state index contributed by atoms with van der Waals surface area (Å²) in [7, 11) is 0. The van der Waals surface area contributed by atoms with Crippen molar-refractivity contribution in [3.63, 3.8) is 0 Å². The van der Waals surface area contributed by atoms with E-state index in [1.165, 1.54) is 0 Å². The Kier molecular flexibility index (Phi) is 5.12. The highest BCUT2D eigenvalue weighted by atomic mass is 19.4. The van der Waals surface area contributed by atoms with E-state index in [0.29, 0.717) is 19.3 Å². The van der Waals surface area contributed by atoms with Crippen molar-refractivity contribution in [1.29, 1.82) is 0 Å². The quantitative estimate of drug-likeness (QED) is 0.737. The number of aliphatic hydroxyl groups is 2. The lowest BCUT2D eigenvalue weighted by atomic mass is 9.68. The van der Waals surface area contributed by atoms with Gasteiger partial charge in [0.25, 0.3) is 0 Å². The molecule has 0 spiro atoms. The zero-order valence-corrected chi connectivity index (χ0v) is 12.5. The number of hydrogen-bond donors (Lipinski definition) is 2. The average molecular weight is 306 g/mol. The number of rotatable bonds is 4. The molecule has 3 nitrogen and oxygen atoms in total. The van der Waals surface area contributed by atoms with Crippen LogP contribution in [-0.2, 0) is 4.79 Å². The zero-order chi connectivity index (χ0) is 16.4. The fourth-order valence-corrected chi connectivity index (χ4v) is 2.81. The molecule has 0 saturated carbocycles. The molecule has 0 aromatic carbocycles. The SMILES string of the molecule is CCCC1=C(O)C(=C(O)C(F)(F)F)CC(C)(CCC)C1=O. The van der Waals surface area contributed by atoms with Crippen LogP contribution in [0.1, 0.15) is 52.9 Å². The van der Waals surface area contributed by atoms with E-state index in [2.05, 4.69) is 0 Å². The van der Waals surface area contributed by atoms with Gasteiger partial charge in [-0.25, -0.2) is 0 Å². The van der Waals surface area contributed by atoms with Gasteiger partial charge in [0.2, 0.25) is 5.76 Å². The maximum absolute atomic E-state index is 12.7. The van der Waals surface area contributed by atoms with Crippen molar-refractivity contribution in [2.45, 2.75) is 59.1 Å². The second-order valence-electron chi connectivity index (χ2n) is 5.72. The Hall–Kier alpha value is -1.46. The number of alkyl halides is 3. The van der Waals surface area contributed by atoms with Crippen molar-refractivity contribution in [3.8, 4) is 0 Å². The van der Waals surface area contributed by atoms with Gasteiger partial charge in [0.1, 0.15) is 5.76 Å². The molecule has 0 radical (unpaired) electrons. The third kappa shape index (κ3) is 3.41. The van der Waals surface area contributed by atoms with E-state index in [1.54, 1.807) is 13.8 Å². The predicted octanol–water partition coefficient (Wildman–Crippen LogP) is 4.75. The Morgan fingerprint density at radius 2 is 1.86 bits per heavy atom. The fourth-order valence-electron chi connectivity index (χ4n) is 2.81. The molecule has 6 heteroatoms. The minimum Gasteiger partial charge on any atom is -0.507 e. The van der Waals surface area contributed by atoms with Gasteiger partial charge in [-0.3, -0.25) is 4.79 Å². The first kappa shape index (κ1) is 17.6. The topological polar surface area (TPSA) is 57.5 Å². The lowest BCUT2D eigenvalue weighted by Gasteiger charge is -2.35. The van der Waals surface area contributed by atoms with Gasteiger partial charge in [-0.1, -0.05) is 33.6 Å². The molecule has 21 heavy (non-hydrogen) atoms. The number of carbonyl (C=O) groups excluding carboxylic acids is 1. The van der Waals surface area contributed by atoms with Crippen LogP contribution >= 0.6 is 0 Å². The summed E-state index contributed by atoms with van der Waals surface area (Å²) in [6.45, 7) is 5.19. The minimum absolute atomic E-state index is 0.00880. The van der Waals surface area contributed by atoms with Crippen molar-refractivity contribution in [2.75, 3.05) is 0 Å². The fraction of sp³-hybridized carbons (Fsp3) is 0.667. The summed E-state index contributed by atoms with van der Waals surface area (Å²) >= 11 is 0. The molecule has 0 aromatic heterocycles. The van der Waals surface area contributed by atoms with Gasteiger partial charge < -0.3 is 10.2 Å². The summed E-state index contributed by atoms with van der Waals surface area (Å²) in [6.07, 6.45) is -3.49. The first-order valence-electron chi connectivity index (χ1n) is 7.05. The van der Waals surface area contributed by atoms with E-state index >= 15 is 0 Å². The van der Waals surface area contributed by atoms with Crippen molar-refractivity contribution in [1.82, 2.24) is 0 Å². The molecule has 1 atom stereocenters. The summed E-state index contributed by atoms with van der Waals surface area (Å²) in [4.78, 5) is 12.5. The summed E-state index contributed by atoms with van der Waals surface area (Å²) < 4.78 is 38.2. The third-order valence-electron chi connectivity index (χ3n) is 3.82. The van der Waals surface area contributed by atoms with Crippen LogP contribution in [0.25, 0.3) is 0 Å². The van der Waals surface area contributed by atoms with E-state index in [4.69, 9.17) is 0 Å². The maximum Gasteiger partial charge on any atom is 0.449 e. The molecule has 1 unspecified atom stereocenters. The first-order valence-corrected chi connectivity index (χ1v) is 7.05. The Morgan fingerprint density at radius 3 is 2.29 bits per heavy atom. The van der Waals surface area contributed by atoms with Gasteiger partial charge in [0, 0.05) is 16.6 Å². The molecule has 1 rings (SSSR count). The molecule has 120 valence electrons. The van der Waals surface area contributed by atoms with Gasteiger partial charge in [-0.15, -0.1) is 0 Å². The van der Waals surface area contributed by atoms with E-state index in [1.807, 2.05) is 6.92 Å². The summed E-state index contributed by atoms with van der Waals surface area (Å²) in [6, 6.07) is 0. The molecule has 0 aliphatic heterocycles. The number of allylic oxidation sites excluding steroid dienone is 3. The molecular weight excluding hydrogens is 285 g/mol. The molecule has 1 aliphatic carbocycles. The van der Waals surface area contributed by atoms with Gasteiger partial charge in [-0.2, -0.15) is 13.2 Å². The number of Topliss-reactive ketones (excluding diaryl/α,β-unsaturated/α-hetero) is 1. The predicted molar refractivity (Wildman–Crippen MR) is 72.9 cm³/mol. The largest absolute Gasteiger partial charge is 0.507 e.